The summed E-state index contributed by atoms with van der Waals surface area (Å²) in [5.41, 5.74) is -1.73. The van der Waals surface area contributed by atoms with Crippen molar-refractivity contribution in [2.75, 3.05) is 7.05 Å². The summed E-state index contributed by atoms with van der Waals surface area (Å²) < 4.78 is 39.9. The molecule has 0 amide bonds. The molecular weight excluding hydrogens is 369 g/mol. The summed E-state index contributed by atoms with van der Waals surface area (Å²) >= 11 is 6.03. The van der Waals surface area contributed by atoms with Gasteiger partial charge in [-0.1, -0.05) is 29.8 Å². The molecule has 134 valence electrons. The minimum atomic E-state index is -4.62. The van der Waals surface area contributed by atoms with Crippen molar-refractivity contribution in [3.05, 3.63) is 69.0 Å². The number of rotatable bonds is 2. The Hall–Kier alpha value is -2.80. The van der Waals surface area contributed by atoms with E-state index in [1.165, 1.54) is 19.3 Å². The number of alkyl halides is 3. The van der Waals surface area contributed by atoms with Gasteiger partial charge in [0.05, 0.1) is 21.8 Å². The van der Waals surface area contributed by atoms with E-state index in [1.54, 1.807) is 18.2 Å². The monoisotopic (exact) mass is 380 g/mol. The third-order valence-corrected chi connectivity index (χ3v) is 4.20. The molecule has 1 aromatic heterocycles. The molecular formula is C18H12ClF3N2O2. The first kappa shape index (κ1) is 18.0. The number of hydrogen-bond acceptors (Lipinski definition) is 3. The average Bonchev–Trinajstić information content (AvgIpc) is 2.59. The molecule has 0 atom stereocenters. The largest absolute Gasteiger partial charge is 0.494 e. The Morgan fingerprint density at radius 2 is 1.81 bits per heavy atom. The molecule has 0 bridgehead atoms. The van der Waals surface area contributed by atoms with Gasteiger partial charge in [-0.15, -0.1) is 0 Å². The fourth-order valence-corrected chi connectivity index (χ4v) is 2.90. The highest BCUT2D eigenvalue weighted by molar-refractivity contribution is 6.32. The van der Waals surface area contributed by atoms with Crippen molar-refractivity contribution in [2.45, 2.75) is 6.18 Å². The van der Waals surface area contributed by atoms with Gasteiger partial charge in [0.2, 0.25) is 5.88 Å². The van der Waals surface area contributed by atoms with Crippen molar-refractivity contribution in [3.8, 4) is 11.6 Å². The molecule has 4 nitrogen and oxygen atoms in total. The molecule has 0 spiro atoms. The number of halogens is 4. The molecule has 2 aromatic carbocycles. The average molecular weight is 381 g/mol. The standard InChI is InChI=1S/C18H12ClF3N2O2/c1-23-9-13-11-4-2-3-5-12(11)16(25)24(17(13)26)15-8-10(18(20,21)22)6-7-14(15)19/h2-9,26H,1H3. The van der Waals surface area contributed by atoms with Gasteiger partial charge in [-0.05, 0) is 24.3 Å². The highest BCUT2D eigenvalue weighted by Crippen LogP contribution is 2.35. The minimum absolute atomic E-state index is 0.106. The molecule has 0 aliphatic carbocycles. The van der Waals surface area contributed by atoms with E-state index < -0.39 is 23.2 Å². The van der Waals surface area contributed by atoms with E-state index in [0.717, 1.165) is 22.8 Å². The first-order valence-corrected chi connectivity index (χ1v) is 7.79. The number of hydrogen-bond donors (Lipinski definition) is 1. The molecule has 0 fully saturated rings. The highest BCUT2D eigenvalue weighted by Gasteiger charge is 2.31. The van der Waals surface area contributed by atoms with Gasteiger partial charge in [0.25, 0.3) is 5.56 Å². The maximum atomic E-state index is 13.1. The van der Waals surface area contributed by atoms with E-state index in [-0.39, 0.29) is 21.7 Å². The van der Waals surface area contributed by atoms with Crippen molar-refractivity contribution in [1.29, 1.82) is 0 Å². The fourth-order valence-electron chi connectivity index (χ4n) is 2.70. The molecule has 0 aliphatic heterocycles. The van der Waals surface area contributed by atoms with Crippen LogP contribution in [-0.4, -0.2) is 22.9 Å². The zero-order chi connectivity index (χ0) is 19.1. The number of aromatic nitrogens is 1. The van der Waals surface area contributed by atoms with Crippen LogP contribution in [0.15, 0.2) is 52.3 Å². The smallest absolute Gasteiger partial charge is 0.416 e. The summed E-state index contributed by atoms with van der Waals surface area (Å²) in [5, 5.41) is 11.1. The van der Waals surface area contributed by atoms with E-state index in [9.17, 15) is 23.1 Å². The Bertz CT molecular complexity index is 1090. The highest BCUT2D eigenvalue weighted by atomic mass is 35.5. The van der Waals surface area contributed by atoms with E-state index in [0.29, 0.717) is 5.39 Å². The number of nitrogens with zero attached hydrogens (tertiary/aromatic N) is 2. The quantitative estimate of drug-likeness (QED) is 0.669. The first-order chi connectivity index (χ1) is 12.3. The Labute approximate surface area is 150 Å². The van der Waals surface area contributed by atoms with E-state index >= 15 is 0 Å². The Morgan fingerprint density at radius 1 is 1.15 bits per heavy atom. The van der Waals surface area contributed by atoms with Crippen LogP contribution in [0, 0.1) is 0 Å². The molecule has 1 N–H and O–H groups in total. The summed E-state index contributed by atoms with van der Waals surface area (Å²) in [6.45, 7) is 0. The third kappa shape index (κ3) is 2.94. The van der Waals surface area contributed by atoms with E-state index in [4.69, 9.17) is 11.6 Å². The molecule has 1 heterocycles. The van der Waals surface area contributed by atoms with Crippen molar-refractivity contribution in [2.24, 2.45) is 4.99 Å². The zero-order valence-corrected chi connectivity index (χ0v) is 14.1. The van der Waals surface area contributed by atoms with Crippen molar-refractivity contribution in [3.63, 3.8) is 0 Å². The second-order valence-corrected chi connectivity index (χ2v) is 5.88. The Balaban J connectivity index is 2.46. The molecule has 0 radical (unpaired) electrons. The van der Waals surface area contributed by atoms with Crippen molar-refractivity contribution < 1.29 is 18.3 Å². The van der Waals surface area contributed by atoms with Gasteiger partial charge >= 0.3 is 6.18 Å². The predicted molar refractivity (Wildman–Crippen MR) is 94.7 cm³/mol. The lowest BCUT2D eigenvalue weighted by Crippen LogP contribution is -2.21. The number of aromatic hydroxyl groups is 1. The summed E-state index contributed by atoms with van der Waals surface area (Å²) in [6.07, 6.45) is -3.29. The van der Waals surface area contributed by atoms with Crippen LogP contribution in [0.2, 0.25) is 5.02 Å². The molecule has 0 saturated heterocycles. The third-order valence-electron chi connectivity index (χ3n) is 3.88. The van der Waals surface area contributed by atoms with Crippen molar-refractivity contribution >= 4 is 28.6 Å². The lowest BCUT2D eigenvalue weighted by molar-refractivity contribution is -0.137. The van der Waals surface area contributed by atoms with Crippen LogP contribution in [0.5, 0.6) is 5.88 Å². The lowest BCUT2D eigenvalue weighted by Gasteiger charge is -2.16. The van der Waals surface area contributed by atoms with Crippen LogP contribution in [-0.2, 0) is 6.18 Å². The first-order valence-electron chi connectivity index (χ1n) is 7.41. The predicted octanol–water partition coefficient (Wildman–Crippen LogP) is 4.42. The van der Waals surface area contributed by atoms with Gasteiger partial charge in [0.15, 0.2) is 0 Å². The Kier molecular flexibility index (Phi) is 4.50. The van der Waals surface area contributed by atoms with Gasteiger partial charge in [0.1, 0.15) is 0 Å². The molecule has 8 heteroatoms. The maximum Gasteiger partial charge on any atom is 0.416 e. The van der Waals surface area contributed by atoms with Gasteiger partial charge in [-0.25, -0.2) is 4.57 Å². The molecule has 26 heavy (non-hydrogen) atoms. The summed E-state index contributed by atoms with van der Waals surface area (Å²) in [7, 11) is 1.47. The Morgan fingerprint density at radius 3 is 2.42 bits per heavy atom. The number of aliphatic imine (C=N–C) groups is 1. The maximum absolute atomic E-state index is 13.1. The summed E-state index contributed by atoms with van der Waals surface area (Å²) in [5.74, 6) is -0.541. The van der Waals surface area contributed by atoms with Crippen LogP contribution in [0.3, 0.4) is 0 Å². The fraction of sp³-hybridized carbons (Fsp3) is 0.111. The topological polar surface area (TPSA) is 54.6 Å². The molecule has 0 unspecified atom stereocenters. The van der Waals surface area contributed by atoms with Crippen LogP contribution in [0.4, 0.5) is 13.2 Å². The lowest BCUT2D eigenvalue weighted by atomic mass is 10.1. The van der Waals surface area contributed by atoms with Crippen LogP contribution < -0.4 is 5.56 Å². The van der Waals surface area contributed by atoms with Gasteiger partial charge in [-0.3, -0.25) is 9.79 Å². The van der Waals surface area contributed by atoms with E-state index in [2.05, 4.69) is 4.99 Å². The van der Waals surface area contributed by atoms with Gasteiger partial charge < -0.3 is 5.11 Å². The second kappa shape index (κ2) is 6.49. The van der Waals surface area contributed by atoms with Gasteiger partial charge in [-0.2, -0.15) is 13.2 Å². The van der Waals surface area contributed by atoms with E-state index in [1.807, 2.05) is 0 Å². The summed E-state index contributed by atoms with van der Waals surface area (Å²) in [6, 6.07) is 9.00. The molecule has 3 rings (SSSR count). The van der Waals surface area contributed by atoms with Crippen LogP contribution in [0.1, 0.15) is 11.1 Å². The second-order valence-electron chi connectivity index (χ2n) is 5.47. The molecule has 0 aliphatic rings. The minimum Gasteiger partial charge on any atom is -0.494 e. The number of pyridine rings is 1. The SMILES string of the molecule is CN=Cc1c(O)n(-c2cc(C(F)(F)F)ccc2Cl)c(=O)c2ccccc12. The normalized spacial score (nSPS) is 12.2. The van der Waals surface area contributed by atoms with Gasteiger partial charge in [0, 0.05) is 24.0 Å². The van der Waals surface area contributed by atoms with Crippen LogP contribution in [0.25, 0.3) is 16.5 Å². The van der Waals surface area contributed by atoms with Crippen LogP contribution >= 0.6 is 11.6 Å². The van der Waals surface area contributed by atoms with Crippen molar-refractivity contribution in [1.82, 2.24) is 4.57 Å². The summed E-state index contributed by atoms with van der Waals surface area (Å²) in [4.78, 5) is 16.7. The zero-order valence-electron chi connectivity index (χ0n) is 13.4. The number of fused-ring (bicyclic) bond motifs is 1. The molecule has 0 saturated carbocycles. The number of benzene rings is 2. The molecule has 3 aromatic rings.